The van der Waals surface area contributed by atoms with Gasteiger partial charge in [0, 0.05) is 23.3 Å². The quantitative estimate of drug-likeness (QED) is 0.346. The van der Waals surface area contributed by atoms with Crippen molar-refractivity contribution in [1.82, 2.24) is 15.1 Å². The van der Waals surface area contributed by atoms with Crippen LogP contribution in [0.3, 0.4) is 0 Å². The largest absolute Gasteiger partial charge is 0.359 e. The minimum Gasteiger partial charge on any atom is -0.359 e. The third-order valence-electron chi connectivity index (χ3n) is 10.9. The number of carbonyl (C=O) groups is 3. The van der Waals surface area contributed by atoms with E-state index in [0.29, 0.717) is 23.2 Å². The number of carbonyl (C=O) groups excluding carboxylic acids is 3. The smallest absolute Gasteiger partial charge is 0.246 e. The molecule has 5 unspecified atom stereocenters. The maximum Gasteiger partial charge on any atom is 0.246 e. The fourth-order valence-electron chi connectivity index (χ4n) is 8.62. The molecule has 244 valence electrons. The summed E-state index contributed by atoms with van der Waals surface area (Å²) in [6.45, 7) is 3.42. The van der Waals surface area contributed by atoms with Gasteiger partial charge in [0.1, 0.15) is 11.6 Å². The normalized spacial score (nSPS) is 29.7. The Balaban J connectivity index is 1.04. The zero-order chi connectivity index (χ0) is 31.7. The fraction of sp³-hybridized carbons (Fsp3) is 0.541. The number of hydrogen-bond acceptors (Lipinski definition) is 5. The van der Waals surface area contributed by atoms with E-state index in [-0.39, 0.29) is 23.8 Å². The molecule has 1 aliphatic carbocycles. The molecule has 1 saturated carbocycles. The molecule has 0 radical (unpaired) electrons. The second-order valence-electron chi connectivity index (χ2n) is 13.9. The van der Waals surface area contributed by atoms with Gasteiger partial charge in [-0.25, -0.2) is 0 Å². The molecule has 9 heteroatoms. The van der Waals surface area contributed by atoms with Crippen molar-refractivity contribution in [2.75, 3.05) is 31.5 Å². The highest BCUT2D eigenvalue weighted by Gasteiger charge is 2.72. The summed E-state index contributed by atoms with van der Waals surface area (Å²) in [4.78, 5) is 46.3. The molecule has 1 spiro atoms. The summed E-state index contributed by atoms with van der Waals surface area (Å²) in [6.07, 6.45) is 12.7. The Kier molecular flexibility index (Phi) is 9.21. The molecule has 46 heavy (non-hydrogen) atoms. The Bertz CT molecular complexity index is 1440. The number of amides is 3. The van der Waals surface area contributed by atoms with E-state index in [2.05, 4.69) is 45.9 Å². The highest BCUT2D eigenvalue weighted by Crippen LogP contribution is 2.55. The molecule has 5 atom stereocenters. The second-order valence-corrected chi connectivity index (χ2v) is 14.3. The maximum atomic E-state index is 14.3. The summed E-state index contributed by atoms with van der Waals surface area (Å²) in [5, 5.41) is 6.83. The lowest BCUT2D eigenvalue weighted by molar-refractivity contribution is -0.141. The van der Waals surface area contributed by atoms with Gasteiger partial charge in [0.25, 0.3) is 0 Å². The molecule has 5 aliphatic rings. The number of nitrogens with one attached hydrogen (secondary N) is 2. The van der Waals surface area contributed by atoms with Crippen LogP contribution in [0.5, 0.6) is 0 Å². The van der Waals surface area contributed by atoms with Crippen LogP contribution < -0.4 is 10.6 Å². The van der Waals surface area contributed by atoms with Crippen LogP contribution in [-0.2, 0) is 25.5 Å². The highest BCUT2D eigenvalue weighted by molar-refractivity contribution is 6.30. The topological polar surface area (TPSA) is 91.0 Å². The lowest BCUT2D eigenvalue weighted by Gasteiger charge is -2.35. The monoisotopic (exact) mass is 644 g/mol. The van der Waals surface area contributed by atoms with E-state index >= 15 is 0 Å². The maximum absolute atomic E-state index is 14.3. The van der Waals surface area contributed by atoms with Crippen LogP contribution in [0.2, 0.25) is 5.02 Å². The molecule has 8 nitrogen and oxygen atoms in total. The van der Waals surface area contributed by atoms with Gasteiger partial charge in [0.05, 0.1) is 17.9 Å². The van der Waals surface area contributed by atoms with Crippen LogP contribution in [0, 0.1) is 17.8 Å². The standard InChI is InChI=1S/C37H45ClN4O4/c38-27-12-14-29(15-13-27)39-34(43)31-30-16-19-37(46-30)32(31)36(45)42(33(37)35(44)40-28-10-5-2-6-11-28)21-7-20-41-22-17-26(18-23-41)24-25-8-3-1-4-9-25/h1,3-4,8-9,12-16,19,26,28,30-33H,2,5-7,10-11,17-18,20-24H2,(H,39,43)(H,40,44). The van der Waals surface area contributed by atoms with Gasteiger partial charge >= 0.3 is 0 Å². The average molecular weight is 645 g/mol. The van der Waals surface area contributed by atoms with Gasteiger partial charge in [-0.15, -0.1) is 0 Å². The molecule has 2 bridgehead atoms. The number of hydrogen-bond donors (Lipinski definition) is 2. The van der Waals surface area contributed by atoms with Crippen molar-refractivity contribution in [3.05, 3.63) is 77.3 Å². The van der Waals surface area contributed by atoms with Crippen LogP contribution in [0.4, 0.5) is 5.69 Å². The van der Waals surface area contributed by atoms with Crippen LogP contribution in [0.1, 0.15) is 56.9 Å². The molecule has 4 fully saturated rings. The Morgan fingerprint density at radius 2 is 1.65 bits per heavy atom. The van der Waals surface area contributed by atoms with Gasteiger partial charge in [0.2, 0.25) is 17.7 Å². The molecule has 2 aromatic rings. The summed E-state index contributed by atoms with van der Waals surface area (Å²) in [5.41, 5.74) is 0.872. The predicted octanol–water partition coefficient (Wildman–Crippen LogP) is 5.22. The van der Waals surface area contributed by atoms with Crippen molar-refractivity contribution in [3.63, 3.8) is 0 Å². The molecule has 4 aliphatic heterocycles. The number of rotatable bonds is 10. The molecular weight excluding hydrogens is 600 g/mol. The third kappa shape index (κ3) is 6.24. The first-order chi connectivity index (χ1) is 22.4. The summed E-state index contributed by atoms with van der Waals surface area (Å²) < 4.78 is 6.53. The van der Waals surface area contributed by atoms with E-state index < -0.39 is 29.6 Å². The van der Waals surface area contributed by atoms with E-state index in [1.807, 2.05) is 12.2 Å². The summed E-state index contributed by atoms with van der Waals surface area (Å²) >= 11 is 6.04. The van der Waals surface area contributed by atoms with Gasteiger partial charge in [-0.05, 0) is 93.9 Å². The Labute approximate surface area is 276 Å². The van der Waals surface area contributed by atoms with Crippen LogP contribution >= 0.6 is 11.6 Å². The Morgan fingerprint density at radius 1 is 0.913 bits per heavy atom. The molecule has 2 N–H and O–H groups in total. The van der Waals surface area contributed by atoms with Gasteiger partial charge in [-0.2, -0.15) is 0 Å². The van der Waals surface area contributed by atoms with E-state index in [1.165, 1.54) is 24.8 Å². The summed E-state index contributed by atoms with van der Waals surface area (Å²) in [5.74, 6) is -1.36. The first-order valence-corrected chi connectivity index (χ1v) is 17.6. The minimum atomic E-state index is -1.14. The number of ether oxygens (including phenoxy) is 1. The highest BCUT2D eigenvalue weighted by atomic mass is 35.5. The van der Waals surface area contributed by atoms with E-state index in [4.69, 9.17) is 16.3 Å². The number of piperidine rings is 1. The summed E-state index contributed by atoms with van der Waals surface area (Å²) in [6, 6.07) is 17.0. The second kappa shape index (κ2) is 13.5. The molecular formula is C37H45ClN4O4. The zero-order valence-corrected chi connectivity index (χ0v) is 27.2. The first-order valence-electron chi connectivity index (χ1n) is 17.2. The molecule has 2 aromatic carbocycles. The van der Waals surface area contributed by atoms with Crippen molar-refractivity contribution < 1.29 is 19.1 Å². The van der Waals surface area contributed by atoms with E-state index in [1.54, 1.807) is 29.2 Å². The van der Waals surface area contributed by atoms with Crippen LogP contribution in [0.15, 0.2) is 66.7 Å². The molecule has 4 heterocycles. The molecule has 7 rings (SSSR count). The van der Waals surface area contributed by atoms with Crippen molar-refractivity contribution in [3.8, 4) is 0 Å². The van der Waals surface area contributed by atoms with Gasteiger partial charge < -0.3 is 25.2 Å². The number of halogens is 1. The minimum absolute atomic E-state index is 0.109. The third-order valence-corrected chi connectivity index (χ3v) is 11.2. The number of nitrogens with zero attached hydrogens (tertiary/aromatic N) is 2. The van der Waals surface area contributed by atoms with E-state index in [9.17, 15) is 14.4 Å². The van der Waals surface area contributed by atoms with Crippen molar-refractivity contribution in [2.45, 2.75) is 81.6 Å². The van der Waals surface area contributed by atoms with Crippen molar-refractivity contribution in [2.24, 2.45) is 17.8 Å². The SMILES string of the molecule is O=C(Nc1ccc(Cl)cc1)C1C2C=CC3(O2)C1C(=O)N(CCCN1CCC(Cc2ccccc2)CC1)C3C(=O)NC1CCCCC1. The number of likely N-dealkylation sites (tertiary alicyclic amines) is 2. The number of fused-ring (bicyclic) bond motifs is 1. The van der Waals surface area contributed by atoms with Crippen molar-refractivity contribution >= 4 is 35.0 Å². The lowest BCUT2D eigenvalue weighted by atomic mass is 9.74. The van der Waals surface area contributed by atoms with Gasteiger partial charge in [-0.3, -0.25) is 14.4 Å². The van der Waals surface area contributed by atoms with Crippen molar-refractivity contribution in [1.29, 1.82) is 0 Å². The molecule has 0 aromatic heterocycles. The fourth-order valence-corrected chi connectivity index (χ4v) is 8.75. The van der Waals surface area contributed by atoms with Gasteiger partial charge in [0.15, 0.2) is 0 Å². The number of anilines is 1. The van der Waals surface area contributed by atoms with E-state index in [0.717, 1.165) is 58.2 Å². The average Bonchev–Trinajstić information content (AvgIpc) is 3.71. The Morgan fingerprint density at radius 3 is 2.39 bits per heavy atom. The lowest BCUT2D eigenvalue weighted by Crippen LogP contribution is -2.56. The molecule has 3 amide bonds. The predicted molar refractivity (Wildman–Crippen MR) is 178 cm³/mol. The van der Waals surface area contributed by atoms with Crippen LogP contribution in [-0.4, -0.2) is 77.5 Å². The first kappa shape index (κ1) is 31.4. The van der Waals surface area contributed by atoms with Gasteiger partial charge in [-0.1, -0.05) is 73.3 Å². The van der Waals surface area contributed by atoms with Crippen LogP contribution in [0.25, 0.3) is 0 Å². The number of benzene rings is 2. The Hall–Kier alpha value is -3.20. The molecule has 3 saturated heterocycles. The zero-order valence-electron chi connectivity index (χ0n) is 26.4. The summed E-state index contributed by atoms with van der Waals surface area (Å²) in [7, 11) is 0.